The molecule has 0 amide bonds. The van der Waals surface area contributed by atoms with Gasteiger partial charge in [-0.1, -0.05) is 41.9 Å². The molecule has 0 saturated heterocycles. The van der Waals surface area contributed by atoms with Crippen LogP contribution in [0.25, 0.3) is 17.5 Å². The van der Waals surface area contributed by atoms with Crippen LogP contribution in [0.3, 0.4) is 0 Å². The monoisotopic (exact) mass is 445 g/mol. The molecule has 0 bridgehead atoms. The molecule has 0 aliphatic heterocycles. The smallest absolute Gasteiger partial charge is 0.274 e. The third-order valence-corrected chi connectivity index (χ3v) is 4.90. The number of pyridine rings is 1. The molecule has 7 nitrogen and oxygen atoms in total. The van der Waals surface area contributed by atoms with Crippen LogP contribution in [0.5, 0.6) is 5.75 Å². The maximum Gasteiger partial charge on any atom is 0.274 e. The first-order valence-electron chi connectivity index (χ1n) is 9.85. The van der Waals surface area contributed by atoms with Crippen molar-refractivity contribution in [3.63, 3.8) is 0 Å². The topological polar surface area (TPSA) is 81.9 Å². The number of methoxy groups -OCH3 is 1. The Morgan fingerprint density at radius 3 is 2.69 bits per heavy atom. The van der Waals surface area contributed by atoms with Crippen LogP contribution in [0.15, 0.2) is 79.1 Å². The summed E-state index contributed by atoms with van der Waals surface area (Å²) in [5.41, 5.74) is 2.48. The quantitative estimate of drug-likeness (QED) is 0.404. The van der Waals surface area contributed by atoms with Crippen LogP contribution in [0.4, 0.5) is 5.95 Å². The zero-order valence-electron chi connectivity index (χ0n) is 17.3. The molecule has 0 fully saturated rings. The summed E-state index contributed by atoms with van der Waals surface area (Å²) in [5, 5.41) is 8.26. The average molecular weight is 446 g/mol. The Morgan fingerprint density at radius 2 is 1.94 bits per heavy atom. The second kappa shape index (κ2) is 9.89. The van der Waals surface area contributed by atoms with Gasteiger partial charge >= 0.3 is 0 Å². The van der Waals surface area contributed by atoms with E-state index in [0.717, 1.165) is 11.1 Å². The number of ether oxygens (including phenoxy) is 1. The predicted octanol–water partition coefficient (Wildman–Crippen LogP) is 4.97. The van der Waals surface area contributed by atoms with Crippen LogP contribution in [-0.2, 0) is 6.54 Å². The zero-order valence-corrected chi connectivity index (χ0v) is 18.0. The highest BCUT2D eigenvalue weighted by molar-refractivity contribution is 6.30. The van der Waals surface area contributed by atoms with Crippen molar-refractivity contribution in [2.75, 3.05) is 12.4 Å². The second-order valence-corrected chi connectivity index (χ2v) is 7.24. The summed E-state index contributed by atoms with van der Waals surface area (Å²) in [6, 6.07) is 18.5. The first-order chi connectivity index (χ1) is 15.6. The Kier molecular flexibility index (Phi) is 6.57. The summed E-state index contributed by atoms with van der Waals surface area (Å²) in [6.07, 6.45) is 6.45. The van der Waals surface area contributed by atoms with E-state index in [-0.39, 0.29) is 5.91 Å². The van der Waals surface area contributed by atoms with Crippen molar-refractivity contribution < 1.29 is 9.53 Å². The SMILES string of the molecule is COc1ccccc1C=CC(=O)n1nc(-c2cccnc2)nc1NCc1ccc(Cl)cc1. The number of rotatable bonds is 7. The van der Waals surface area contributed by atoms with Gasteiger partial charge in [0.2, 0.25) is 5.95 Å². The predicted molar refractivity (Wildman–Crippen MR) is 125 cm³/mol. The van der Waals surface area contributed by atoms with E-state index in [4.69, 9.17) is 16.3 Å². The van der Waals surface area contributed by atoms with Crippen molar-refractivity contribution in [2.24, 2.45) is 0 Å². The van der Waals surface area contributed by atoms with Gasteiger partial charge in [0.25, 0.3) is 5.91 Å². The van der Waals surface area contributed by atoms with Gasteiger partial charge in [-0.15, -0.1) is 5.10 Å². The summed E-state index contributed by atoms with van der Waals surface area (Å²) in [4.78, 5) is 21.6. The van der Waals surface area contributed by atoms with E-state index in [2.05, 4.69) is 20.4 Å². The van der Waals surface area contributed by atoms with Crippen LogP contribution in [-0.4, -0.2) is 32.8 Å². The molecule has 4 rings (SSSR count). The molecule has 32 heavy (non-hydrogen) atoms. The fraction of sp³-hybridized carbons (Fsp3) is 0.0833. The Labute approximate surface area is 190 Å². The third kappa shape index (κ3) is 5.01. The van der Waals surface area contributed by atoms with Gasteiger partial charge in [0.1, 0.15) is 5.75 Å². The van der Waals surface area contributed by atoms with Crippen molar-refractivity contribution >= 4 is 29.5 Å². The van der Waals surface area contributed by atoms with Crippen molar-refractivity contribution in [3.8, 4) is 17.1 Å². The lowest BCUT2D eigenvalue weighted by Crippen LogP contribution is -2.14. The fourth-order valence-corrected chi connectivity index (χ4v) is 3.14. The largest absolute Gasteiger partial charge is 0.496 e. The summed E-state index contributed by atoms with van der Waals surface area (Å²) in [5.74, 6) is 1.05. The van der Waals surface area contributed by atoms with Gasteiger partial charge in [-0.3, -0.25) is 9.78 Å². The summed E-state index contributed by atoms with van der Waals surface area (Å²) < 4.78 is 6.58. The fourth-order valence-electron chi connectivity index (χ4n) is 3.02. The number of aromatic nitrogens is 4. The Morgan fingerprint density at radius 1 is 1.12 bits per heavy atom. The minimum absolute atomic E-state index is 0.327. The van der Waals surface area contributed by atoms with Gasteiger partial charge in [0, 0.05) is 41.2 Å². The second-order valence-electron chi connectivity index (χ2n) is 6.81. The first kappa shape index (κ1) is 21.3. The van der Waals surface area contributed by atoms with Gasteiger partial charge < -0.3 is 10.1 Å². The van der Waals surface area contributed by atoms with Gasteiger partial charge in [0.15, 0.2) is 5.82 Å². The number of nitrogens with one attached hydrogen (secondary N) is 1. The zero-order chi connectivity index (χ0) is 22.3. The lowest BCUT2D eigenvalue weighted by atomic mass is 10.2. The molecule has 160 valence electrons. The number of hydrogen-bond donors (Lipinski definition) is 1. The Hall–Kier alpha value is -3.97. The molecule has 2 aromatic heterocycles. The molecule has 4 aromatic rings. The van der Waals surface area contributed by atoms with Gasteiger partial charge in [-0.2, -0.15) is 9.67 Å². The van der Waals surface area contributed by atoms with Crippen molar-refractivity contribution in [1.82, 2.24) is 19.7 Å². The number of allylic oxidation sites excluding steroid dienone is 1. The van der Waals surface area contributed by atoms with Crippen molar-refractivity contribution in [1.29, 1.82) is 0 Å². The van der Waals surface area contributed by atoms with E-state index in [9.17, 15) is 4.79 Å². The average Bonchev–Trinajstić information content (AvgIpc) is 3.27. The van der Waals surface area contributed by atoms with E-state index in [1.54, 1.807) is 31.6 Å². The van der Waals surface area contributed by atoms with Crippen LogP contribution in [0, 0.1) is 0 Å². The summed E-state index contributed by atoms with van der Waals surface area (Å²) in [6.45, 7) is 0.450. The minimum atomic E-state index is -0.350. The number of carbonyl (C=O) groups excluding carboxylic acids is 1. The van der Waals surface area contributed by atoms with Gasteiger partial charge in [-0.05, 0) is 42.0 Å². The Balaban J connectivity index is 1.62. The first-order valence-corrected chi connectivity index (χ1v) is 10.2. The number of hydrogen-bond acceptors (Lipinski definition) is 6. The number of anilines is 1. The molecule has 2 aromatic carbocycles. The number of para-hydroxylation sites is 1. The molecule has 0 spiro atoms. The number of carbonyl (C=O) groups is 1. The van der Waals surface area contributed by atoms with Gasteiger partial charge in [0.05, 0.1) is 7.11 Å². The molecule has 2 heterocycles. The number of benzene rings is 2. The van der Waals surface area contributed by atoms with E-state index < -0.39 is 0 Å². The normalized spacial score (nSPS) is 10.9. The van der Waals surface area contributed by atoms with Crippen molar-refractivity contribution in [2.45, 2.75) is 6.54 Å². The van der Waals surface area contributed by atoms with E-state index in [0.29, 0.717) is 34.7 Å². The minimum Gasteiger partial charge on any atom is -0.496 e. The van der Waals surface area contributed by atoms with Gasteiger partial charge in [-0.25, -0.2) is 0 Å². The lowest BCUT2D eigenvalue weighted by molar-refractivity contribution is 0.0957. The van der Waals surface area contributed by atoms with E-state index in [1.807, 2.05) is 54.6 Å². The standard InChI is InChI=1S/C24H20ClN5O2/c1-32-21-7-3-2-5-18(21)10-13-22(31)30-24(27-15-17-8-11-20(25)12-9-17)28-23(29-30)19-6-4-14-26-16-19/h2-14,16H,15H2,1H3,(H,27,28,29). The third-order valence-electron chi connectivity index (χ3n) is 4.64. The highest BCUT2D eigenvalue weighted by atomic mass is 35.5. The van der Waals surface area contributed by atoms with E-state index in [1.165, 1.54) is 10.8 Å². The van der Waals surface area contributed by atoms with Crippen LogP contribution >= 0.6 is 11.6 Å². The van der Waals surface area contributed by atoms with E-state index >= 15 is 0 Å². The molecule has 8 heteroatoms. The van der Waals surface area contributed by atoms with Crippen LogP contribution in [0.1, 0.15) is 15.9 Å². The maximum atomic E-state index is 13.0. The van der Waals surface area contributed by atoms with Crippen LogP contribution < -0.4 is 10.1 Å². The lowest BCUT2D eigenvalue weighted by Gasteiger charge is -2.06. The highest BCUT2D eigenvalue weighted by Gasteiger charge is 2.16. The number of halogens is 1. The molecule has 1 N–H and O–H groups in total. The summed E-state index contributed by atoms with van der Waals surface area (Å²) >= 11 is 5.96. The maximum absolute atomic E-state index is 13.0. The molecular weight excluding hydrogens is 426 g/mol. The van der Waals surface area contributed by atoms with Crippen molar-refractivity contribution in [3.05, 3.63) is 95.3 Å². The number of nitrogens with zero attached hydrogens (tertiary/aromatic N) is 4. The summed E-state index contributed by atoms with van der Waals surface area (Å²) in [7, 11) is 1.59. The molecule has 0 saturated carbocycles. The molecule has 0 aliphatic carbocycles. The Bertz CT molecular complexity index is 1240. The van der Waals surface area contributed by atoms with Crippen LogP contribution in [0.2, 0.25) is 5.02 Å². The molecular formula is C24H20ClN5O2. The molecule has 0 radical (unpaired) electrons. The molecule has 0 aliphatic rings. The molecule has 0 atom stereocenters. The highest BCUT2D eigenvalue weighted by Crippen LogP contribution is 2.20. The molecule has 0 unspecified atom stereocenters.